The van der Waals surface area contributed by atoms with Gasteiger partial charge in [-0.25, -0.2) is 0 Å². The summed E-state index contributed by atoms with van der Waals surface area (Å²) in [6.45, 7) is 10.7. The second kappa shape index (κ2) is 5.49. The Morgan fingerprint density at radius 3 is 2.50 bits per heavy atom. The van der Waals surface area contributed by atoms with Crippen molar-refractivity contribution in [2.75, 3.05) is 20.7 Å². The fraction of sp³-hybridized carbons (Fsp3) is 0.769. The Morgan fingerprint density at radius 2 is 2.11 bits per heavy atom. The number of ether oxygens (including phenoxy) is 1. The van der Waals surface area contributed by atoms with E-state index in [1.54, 1.807) is 14.2 Å². The maximum absolute atomic E-state index is 5.73. The number of hydrogen-bond acceptors (Lipinski definition) is 2. The fourth-order valence-electron chi connectivity index (χ4n) is 2.26. The van der Waals surface area contributed by atoms with Gasteiger partial charge in [0.25, 0.3) is 0 Å². The second-order valence-corrected chi connectivity index (χ2v) is 6.04. The lowest BCUT2D eigenvalue weighted by Gasteiger charge is -2.59. The van der Waals surface area contributed by atoms with Crippen LogP contribution in [-0.2, 0) is 4.74 Å². The van der Waals surface area contributed by atoms with Crippen molar-refractivity contribution < 1.29 is 4.74 Å². The van der Waals surface area contributed by atoms with E-state index < -0.39 is 0 Å². The van der Waals surface area contributed by atoms with Gasteiger partial charge < -0.3 is 15.4 Å². The van der Waals surface area contributed by atoms with Crippen molar-refractivity contribution in [3.05, 3.63) is 11.6 Å². The molecule has 0 bridgehead atoms. The molecule has 2 unspecified atom stereocenters. The van der Waals surface area contributed by atoms with E-state index in [1.807, 2.05) is 0 Å². The van der Waals surface area contributed by atoms with E-state index in [-0.39, 0.29) is 11.0 Å². The Hall–Kier alpha value is -0.740. The van der Waals surface area contributed by atoms with Gasteiger partial charge in [-0.15, -0.1) is 0 Å². The van der Waals surface area contributed by atoms with Gasteiger partial charge in [0.2, 0.25) is 0 Å². The van der Waals surface area contributed by atoms with Crippen LogP contribution in [0.5, 0.6) is 0 Å². The maximum atomic E-state index is 5.73. The van der Waals surface area contributed by atoms with E-state index in [0.717, 1.165) is 12.4 Å². The normalized spacial score (nSPS) is 30.6. The first kappa shape index (κ1) is 15.3. The lowest BCUT2D eigenvalue weighted by Crippen LogP contribution is -2.69. The molecule has 0 amide bonds. The molecule has 0 heterocycles. The molecular weight excluding hydrogens is 250 g/mol. The van der Waals surface area contributed by atoms with Crippen molar-refractivity contribution in [3.63, 3.8) is 0 Å². The molecule has 1 fully saturated rings. The molecule has 1 aliphatic rings. The molecule has 2 atom stereocenters. The van der Waals surface area contributed by atoms with Crippen LogP contribution in [-0.4, -0.2) is 38.3 Å². The van der Waals surface area contributed by atoms with E-state index in [2.05, 4.69) is 43.0 Å². The van der Waals surface area contributed by atoms with Gasteiger partial charge in [-0.3, -0.25) is 4.99 Å². The lowest BCUT2D eigenvalue weighted by molar-refractivity contribution is -0.176. The summed E-state index contributed by atoms with van der Waals surface area (Å²) in [5.74, 6) is 0.744. The van der Waals surface area contributed by atoms with Crippen LogP contribution in [0.2, 0.25) is 0 Å². The largest absolute Gasteiger partial charge is 0.378 e. The van der Waals surface area contributed by atoms with Crippen LogP contribution in [0.3, 0.4) is 0 Å². The predicted molar refractivity (Wildman–Crippen MR) is 77.1 cm³/mol. The molecule has 4 nitrogen and oxygen atoms in total. The Morgan fingerprint density at radius 1 is 1.50 bits per heavy atom. The summed E-state index contributed by atoms with van der Waals surface area (Å²) < 4.78 is 5.60. The number of rotatable bonds is 4. The molecule has 104 valence electrons. The molecule has 5 heteroatoms. The number of halogens is 1. The standard InChI is InChI=1S/C13H24ClN3O/c1-9(14)8-16-11(15-5)17-10-7-13(4,18-6)12(10,2)3/h10H,1,7-8H2,2-6H3,(H2,15,16,17). The average Bonchev–Trinajstić information content (AvgIpc) is 2.32. The van der Waals surface area contributed by atoms with Crippen LogP contribution in [0.4, 0.5) is 0 Å². The van der Waals surface area contributed by atoms with E-state index in [1.165, 1.54) is 0 Å². The summed E-state index contributed by atoms with van der Waals surface area (Å²) in [4.78, 5) is 4.17. The van der Waals surface area contributed by atoms with E-state index in [0.29, 0.717) is 17.6 Å². The first-order valence-corrected chi connectivity index (χ1v) is 6.50. The van der Waals surface area contributed by atoms with Crippen LogP contribution in [0.1, 0.15) is 27.2 Å². The van der Waals surface area contributed by atoms with E-state index in [9.17, 15) is 0 Å². The minimum Gasteiger partial charge on any atom is -0.378 e. The molecule has 0 aromatic rings. The molecule has 0 aromatic carbocycles. The van der Waals surface area contributed by atoms with Gasteiger partial charge in [-0.05, 0) is 13.3 Å². The fourth-order valence-corrected chi connectivity index (χ4v) is 2.33. The third kappa shape index (κ3) is 2.81. The summed E-state index contributed by atoms with van der Waals surface area (Å²) in [7, 11) is 3.51. The molecule has 18 heavy (non-hydrogen) atoms. The molecule has 2 N–H and O–H groups in total. The van der Waals surface area contributed by atoms with Crippen LogP contribution in [0.25, 0.3) is 0 Å². The van der Waals surface area contributed by atoms with E-state index in [4.69, 9.17) is 16.3 Å². The summed E-state index contributed by atoms with van der Waals surface area (Å²) in [6, 6.07) is 0.331. The topological polar surface area (TPSA) is 45.7 Å². The SMILES string of the molecule is C=C(Cl)CNC(=NC)NC1CC(C)(OC)C1(C)C. The van der Waals surface area contributed by atoms with E-state index >= 15 is 0 Å². The average molecular weight is 274 g/mol. The number of hydrogen-bond donors (Lipinski definition) is 2. The third-order valence-electron chi connectivity index (χ3n) is 4.26. The number of nitrogens with one attached hydrogen (secondary N) is 2. The number of nitrogens with zero attached hydrogens (tertiary/aromatic N) is 1. The van der Waals surface area contributed by atoms with Gasteiger partial charge >= 0.3 is 0 Å². The summed E-state index contributed by atoms with van der Waals surface area (Å²) in [6.07, 6.45) is 0.957. The summed E-state index contributed by atoms with van der Waals surface area (Å²) in [5.41, 5.74) is -0.0308. The predicted octanol–water partition coefficient (Wildman–Crippen LogP) is 2.11. The van der Waals surface area contributed by atoms with Gasteiger partial charge in [0, 0.05) is 30.6 Å². The van der Waals surface area contributed by atoms with Gasteiger partial charge in [0.15, 0.2) is 5.96 Å². The Kier molecular flexibility index (Phi) is 4.67. The van der Waals surface area contributed by atoms with Crippen LogP contribution in [0.15, 0.2) is 16.6 Å². The highest BCUT2D eigenvalue weighted by atomic mass is 35.5. The van der Waals surface area contributed by atoms with Crippen LogP contribution >= 0.6 is 11.6 Å². The molecular formula is C13H24ClN3O. The highest BCUT2D eigenvalue weighted by Gasteiger charge is 2.57. The molecule has 1 saturated carbocycles. The molecule has 0 spiro atoms. The monoisotopic (exact) mass is 273 g/mol. The van der Waals surface area contributed by atoms with Crippen molar-refractivity contribution in [3.8, 4) is 0 Å². The molecule has 1 aliphatic carbocycles. The number of aliphatic imine (C=N–C) groups is 1. The smallest absolute Gasteiger partial charge is 0.191 e. The molecule has 0 aromatic heterocycles. The van der Waals surface area contributed by atoms with Gasteiger partial charge in [-0.2, -0.15) is 0 Å². The van der Waals surface area contributed by atoms with Crippen LogP contribution in [0, 0.1) is 5.41 Å². The zero-order valence-corrected chi connectivity index (χ0v) is 12.7. The second-order valence-electron chi connectivity index (χ2n) is 5.50. The Bertz CT molecular complexity index is 354. The molecule has 0 radical (unpaired) electrons. The first-order valence-electron chi connectivity index (χ1n) is 6.12. The van der Waals surface area contributed by atoms with Crippen LogP contribution < -0.4 is 10.6 Å². The lowest BCUT2D eigenvalue weighted by atomic mass is 9.56. The highest BCUT2D eigenvalue weighted by Crippen LogP contribution is 2.51. The minimum atomic E-state index is -0.0837. The zero-order chi connectivity index (χ0) is 14.0. The van der Waals surface area contributed by atoms with Crippen molar-refractivity contribution in [2.24, 2.45) is 10.4 Å². The molecule has 1 rings (SSSR count). The van der Waals surface area contributed by atoms with Crippen molar-refractivity contribution in [1.29, 1.82) is 0 Å². The summed E-state index contributed by atoms with van der Waals surface area (Å²) >= 11 is 5.73. The molecule has 0 saturated heterocycles. The maximum Gasteiger partial charge on any atom is 0.191 e. The Balaban J connectivity index is 2.56. The van der Waals surface area contributed by atoms with Gasteiger partial charge in [0.05, 0.1) is 12.1 Å². The van der Waals surface area contributed by atoms with Gasteiger partial charge in [-0.1, -0.05) is 32.0 Å². The van der Waals surface area contributed by atoms with Gasteiger partial charge in [0.1, 0.15) is 0 Å². The number of guanidine groups is 1. The molecule has 0 aliphatic heterocycles. The first-order chi connectivity index (χ1) is 8.26. The van der Waals surface area contributed by atoms with Crippen molar-refractivity contribution in [2.45, 2.75) is 38.8 Å². The van der Waals surface area contributed by atoms with Crippen molar-refractivity contribution in [1.82, 2.24) is 10.6 Å². The Labute approximate surface area is 115 Å². The third-order valence-corrected chi connectivity index (χ3v) is 4.39. The highest BCUT2D eigenvalue weighted by molar-refractivity contribution is 6.29. The minimum absolute atomic E-state index is 0.0529. The summed E-state index contributed by atoms with van der Waals surface area (Å²) in [5, 5.41) is 7.08. The number of methoxy groups -OCH3 is 1. The van der Waals surface area contributed by atoms with Crippen molar-refractivity contribution >= 4 is 17.6 Å². The zero-order valence-electron chi connectivity index (χ0n) is 11.9. The quantitative estimate of drug-likeness (QED) is 0.609.